The van der Waals surface area contributed by atoms with Crippen molar-refractivity contribution in [1.82, 2.24) is 10.3 Å². The van der Waals surface area contributed by atoms with E-state index in [9.17, 15) is 15.0 Å². The molecule has 0 aliphatic carbocycles. The zero-order valence-electron chi connectivity index (χ0n) is 15.8. The van der Waals surface area contributed by atoms with Crippen LogP contribution in [-0.4, -0.2) is 34.2 Å². The van der Waals surface area contributed by atoms with Gasteiger partial charge in [0.15, 0.2) is 11.2 Å². The van der Waals surface area contributed by atoms with Crippen LogP contribution in [0.3, 0.4) is 0 Å². The lowest BCUT2D eigenvalue weighted by Crippen LogP contribution is -2.23. The van der Waals surface area contributed by atoms with Gasteiger partial charge in [-0.3, -0.25) is 4.79 Å². The number of nitrogens with one attached hydrogen (secondary N) is 2. The van der Waals surface area contributed by atoms with Crippen LogP contribution in [0.2, 0.25) is 0 Å². The quantitative estimate of drug-likeness (QED) is 0.344. The molecule has 0 aliphatic heterocycles. The van der Waals surface area contributed by atoms with Crippen molar-refractivity contribution >= 4 is 28.1 Å². The Morgan fingerprint density at radius 2 is 1.83 bits per heavy atom. The number of amides is 1. The average Bonchev–Trinajstić information content (AvgIpc) is 3.18. The summed E-state index contributed by atoms with van der Waals surface area (Å²) in [6, 6.07) is 16.9. The van der Waals surface area contributed by atoms with Crippen LogP contribution in [0.4, 0.5) is 10.8 Å². The summed E-state index contributed by atoms with van der Waals surface area (Å²) >= 11 is 1.17. The Hall–Kier alpha value is -2.78. The standard InChI is InChI=1S/C21H24N4O3S/c22-21-25-17(13-29-21)19(27)20(28)24-16-8-6-14(7-9-16)10-11-23-12-18(26)15-4-2-1-3-5-15/h1-9,13,18-19,23,26-27H,10-12H2,(H2,22,25)(H,24,28)/t18-,19+/m0/s1. The lowest BCUT2D eigenvalue weighted by atomic mass is 10.1. The number of nitrogen functional groups attached to an aromatic ring is 1. The zero-order valence-corrected chi connectivity index (χ0v) is 16.6. The monoisotopic (exact) mass is 412 g/mol. The third kappa shape index (κ3) is 6.10. The van der Waals surface area contributed by atoms with E-state index in [2.05, 4.69) is 15.6 Å². The molecule has 0 spiro atoms. The van der Waals surface area contributed by atoms with Gasteiger partial charge in [0.1, 0.15) is 0 Å². The number of carbonyl (C=O) groups excluding carboxylic acids is 1. The molecular weight excluding hydrogens is 388 g/mol. The highest BCUT2D eigenvalue weighted by Gasteiger charge is 2.20. The minimum Gasteiger partial charge on any atom is -0.387 e. The maximum atomic E-state index is 12.1. The van der Waals surface area contributed by atoms with Gasteiger partial charge in [0.2, 0.25) is 0 Å². The van der Waals surface area contributed by atoms with Crippen LogP contribution < -0.4 is 16.4 Å². The fraction of sp³-hybridized carbons (Fsp3) is 0.238. The van der Waals surface area contributed by atoms with Crippen molar-refractivity contribution in [2.24, 2.45) is 0 Å². The molecule has 0 unspecified atom stereocenters. The van der Waals surface area contributed by atoms with Crippen molar-refractivity contribution in [2.75, 3.05) is 24.1 Å². The SMILES string of the molecule is Nc1nc([C@@H](O)C(=O)Nc2ccc(CCNC[C@H](O)c3ccccc3)cc2)cs1. The first-order valence-electron chi connectivity index (χ1n) is 9.25. The first-order valence-corrected chi connectivity index (χ1v) is 10.1. The average molecular weight is 413 g/mol. The molecule has 6 N–H and O–H groups in total. The third-order valence-corrected chi connectivity index (χ3v) is 5.09. The Bertz CT molecular complexity index is 915. The summed E-state index contributed by atoms with van der Waals surface area (Å²) in [5.41, 5.74) is 8.35. The first-order chi connectivity index (χ1) is 14.0. The summed E-state index contributed by atoms with van der Waals surface area (Å²) in [7, 11) is 0. The summed E-state index contributed by atoms with van der Waals surface area (Å²) in [4.78, 5) is 16.0. The smallest absolute Gasteiger partial charge is 0.259 e. The number of benzene rings is 2. The molecule has 2 aromatic carbocycles. The Morgan fingerprint density at radius 3 is 2.48 bits per heavy atom. The Balaban J connectivity index is 1.42. The number of anilines is 2. The van der Waals surface area contributed by atoms with Gasteiger partial charge in [0.05, 0.1) is 11.8 Å². The van der Waals surface area contributed by atoms with E-state index in [4.69, 9.17) is 5.73 Å². The van der Waals surface area contributed by atoms with Gasteiger partial charge in [-0.25, -0.2) is 4.98 Å². The maximum absolute atomic E-state index is 12.1. The van der Waals surface area contributed by atoms with E-state index in [0.29, 0.717) is 17.4 Å². The second-order valence-electron chi connectivity index (χ2n) is 6.58. The molecule has 3 aromatic rings. The highest BCUT2D eigenvalue weighted by Crippen LogP contribution is 2.20. The first kappa shape index (κ1) is 20.9. The van der Waals surface area contributed by atoms with Gasteiger partial charge in [0, 0.05) is 17.6 Å². The number of aliphatic hydroxyl groups is 2. The number of nitrogens with two attached hydrogens (primary N) is 1. The van der Waals surface area contributed by atoms with E-state index >= 15 is 0 Å². The number of hydrogen-bond donors (Lipinski definition) is 5. The predicted molar refractivity (Wildman–Crippen MR) is 115 cm³/mol. The zero-order chi connectivity index (χ0) is 20.6. The summed E-state index contributed by atoms with van der Waals surface area (Å²) in [5.74, 6) is -0.556. The number of rotatable bonds is 9. The van der Waals surface area contributed by atoms with E-state index in [-0.39, 0.29) is 5.69 Å². The van der Waals surface area contributed by atoms with Crippen LogP contribution in [0.1, 0.15) is 29.0 Å². The highest BCUT2D eigenvalue weighted by atomic mass is 32.1. The Labute approximate surface area is 173 Å². The van der Waals surface area contributed by atoms with Crippen molar-refractivity contribution in [1.29, 1.82) is 0 Å². The number of aromatic nitrogens is 1. The molecule has 1 heterocycles. The van der Waals surface area contributed by atoms with Crippen molar-refractivity contribution in [3.05, 3.63) is 76.8 Å². The Morgan fingerprint density at radius 1 is 1.10 bits per heavy atom. The summed E-state index contributed by atoms with van der Waals surface area (Å²) in [6.45, 7) is 1.21. The van der Waals surface area contributed by atoms with Gasteiger partial charge in [-0.15, -0.1) is 11.3 Å². The summed E-state index contributed by atoms with van der Waals surface area (Å²) in [6.07, 6.45) is -1.10. The molecule has 7 nitrogen and oxygen atoms in total. The summed E-state index contributed by atoms with van der Waals surface area (Å²) in [5, 5.41) is 27.9. The van der Waals surface area contributed by atoms with Crippen LogP contribution in [0.15, 0.2) is 60.0 Å². The molecule has 152 valence electrons. The largest absolute Gasteiger partial charge is 0.387 e. The van der Waals surface area contributed by atoms with Gasteiger partial charge < -0.3 is 26.6 Å². The highest BCUT2D eigenvalue weighted by molar-refractivity contribution is 7.13. The minimum atomic E-state index is -1.36. The maximum Gasteiger partial charge on any atom is 0.259 e. The molecule has 2 atom stereocenters. The molecule has 0 saturated heterocycles. The van der Waals surface area contributed by atoms with Crippen LogP contribution in [0, 0.1) is 0 Å². The van der Waals surface area contributed by atoms with Gasteiger partial charge in [-0.1, -0.05) is 42.5 Å². The normalized spacial score (nSPS) is 13.0. The molecule has 0 bridgehead atoms. The van der Waals surface area contributed by atoms with Crippen LogP contribution in [-0.2, 0) is 11.2 Å². The molecule has 29 heavy (non-hydrogen) atoms. The molecule has 0 radical (unpaired) electrons. The van der Waals surface area contributed by atoms with Crippen molar-refractivity contribution in [2.45, 2.75) is 18.6 Å². The second-order valence-corrected chi connectivity index (χ2v) is 7.47. The second kappa shape index (κ2) is 10.1. The van der Waals surface area contributed by atoms with E-state index < -0.39 is 18.1 Å². The molecule has 1 amide bonds. The van der Waals surface area contributed by atoms with E-state index in [1.807, 2.05) is 42.5 Å². The molecule has 3 rings (SSSR count). The lowest BCUT2D eigenvalue weighted by molar-refractivity contribution is -0.124. The van der Waals surface area contributed by atoms with Crippen LogP contribution >= 0.6 is 11.3 Å². The number of aliphatic hydroxyl groups excluding tert-OH is 2. The molecule has 1 aromatic heterocycles. The molecular formula is C21H24N4O3S. The van der Waals surface area contributed by atoms with Crippen LogP contribution in [0.25, 0.3) is 0 Å². The number of hydrogen-bond acceptors (Lipinski definition) is 7. The number of carbonyl (C=O) groups is 1. The predicted octanol–water partition coefficient (Wildman–Crippen LogP) is 2.26. The van der Waals surface area contributed by atoms with E-state index in [1.54, 1.807) is 17.5 Å². The molecule has 0 aliphatic rings. The van der Waals surface area contributed by atoms with Gasteiger partial charge in [0.25, 0.3) is 5.91 Å². The fourth-order valence-corrected chi connectivity index (χ4v) is 3.37. The Kier molecular flexibility index (Phi) is 7.31. The number of thiazole rings is 1. The minimum absolute atomic E-state index is 0.241. The van der Waals surface area contributed by atoms with E-state index in [1.165, 1.54) is 11.3 Å². The molecule has 0 saturated carbocycles. The van der Waals surface area contributed by atoms with Gasteiger partial charge in [-0.2, -0.15) is 0 Å². The van der Waals surface area contributed by atoms with Crippen molar-refractivity contribution < 1.29 is 15.0 Å². The van der Waals surface area contributed by atoms with Gasteiger partial charge >= 0.3 is 0 Å². The molecule has 0 fully saturated rings. The summed E-state index contributed by atoms with van der Waals surface area (Å²) < 4.78 is 0. The van der Waals surface area contributed by atoms with Crippen molar-refractivity contribution in [3.63, 3.8) is 0 Å². The number of nitrogens with zero attached hydrogens (tertiary/aromatic N) is 1. The van der Waals surface area contributed by atoms with E-state index in [0.717, 1.165) is 24.1 Å². The lowest BCUT2D eigenvalue weighted by Gasteiger charge is -2.12. The fourth-order valence-electron chi connectivity index (χ4n) is 2.79. The topological polar surface area (TPSA) is 121 Å². The molecule has 8 heteroatoms. The van der Waals surface area contributed by atoms with Gasteiger partial charge in [-0.05, 0) is 36.2 Å². The van der Waals surface area contributed by atoms with Crippen LogP contribution in [0.5, 0.6) is 0 Å². The van der Waals surface area contributed by atoms with Crippen molar-refractivity contribution in [3.8, 4) is 0 Å². The third-order valence-electron chi connectivity index (χ3n) is 4.40.